The van der Waals surface area contributed by atoms with Crippen LogP contribution in [0.5, 0.6) is 0 Å². The Morgan fingerprint density at radius 1 is 1.04 bits per heavy atom. The van der Waals surface area contributed by atoms with Gasteiger partial charge in [-0.05, 0) is 37.3 Å². The number of nitrogens with zero attached hydrogens (tertiary/aromatic N) is 2. The average molecular weight is 323 g/mol. The highest BCUT2D eigenvalue weighted by Crippen LogP contribution is 2.25. The minimum Gasteiger partial charge on any atom is -0.364 e. The Labute approximate surface area is 137 Å². The second-order valence-electron chi connectivity index (χ2n) is 5.30. The Balaban J connectivity index is 2.13. The van der Waals surface area contributed by atoms with E-state index in [4.69, 9.17) is 5.73 Å². The van der Waals surface area contributed by atoms with E-state index in [2.05, 4.69) is 5.10 Å². The summed E-state index contributed by atoms with van der Waals surface area (Å²) >= 11 is 0. The summed E-state index contributed by atoms with van der Waals surface area (Å²) in [5.41, 5.74) is 7.97. The maximum Gasteiger partial charge on any atom is 0.269 e. The van der Waals surface area contributed by atoms with E-state index in [0.29, 0.717) is 16.9 Å². The summed E-state index contributed by atoms with van der Waals surface area (Å²) in [4.78, 5) is 22.9. The number of aromatic nitrogens is 2. The highest BCUT2D eigenvalue weighted by atomic mass is 19.1. The van der Waals surface area contributed by atoms with Gasteiger partial charge in [-0.3, -0.25) is 9.59 Å². The predicted molar refractivity (Wildman–Crippen MR) is 87.5 cm³/mol. The topological polar surface area (TPSA) is 78.0 Å². The van der Waals surface area contributed by atoms with Crippen LogP contribution in [0.3, 0.4) is 0 Å². The van der Waals surface area contributed by atoms with Gasteiger partial charge in [0.15, 0.2) is 11.5 Å². The summed E-state index contributed by atoms with van der Waals surface area (Å²) in [5, 5.41) is 4.20. The number of benzene rings is 2. The van der Waals surface area contributed by atoms with Crippen molar-refractivity contribution >= 4 is 11.7 Å². The number of halogens is 1. The number of carbonyl (C=O) groups excluding carboxylic acids is 2. The molecule has 0 atom stereocenters. The quantitative estimate of drug-likeness (QED) is 0.750. The third kappa shape index (κ3) is 2.94. The normalized spacial score (nSPS) is 10.6. The largest absolute Gasteiger partial charge is 0.364 e. The molecule has 2 aromatic carbocycles. The molecular weight excluding hydrogens is 309 g/mol. The first-order valence-electron chi connectivity index (χ1n) is 7.23. The van der Waals surface area contributed by atoms with Crippen molar-refractivity contribution in [1.29, 1.82) is 0 Å². The molecule has 0 unspecified atom stereocenters. The van der Waals surface area contributed by atoms with Crippen LogP contribution in [0.4, 0.5) is 4.39 Å². The zero-order valence-corrected chi connectivity index (χ0v) is 12.9. The van der Waals surface area contributed by atoms with E-state index in [1.165, 1.54) is 23.7 Å². The zero-order chi connectivity index (χ0) is 17.3. The van der Waals surface area contributed by atoms with Gasteiger partial charge < -0.3 is 5.73 Å². The monoisotopic (exact) mass is 323 g/mol. The lowest BCUT2D eigenvalue weighted by molar-refractivity contribution is 0.0992. The van der Waals surface area contributed by atoms with Crippen molar-refractivity contribution in [3.8, 4) is 16.9 Å². The van der Waals surface area contributed by atoms with Crippen molar-refractivity contribution in [1.82, 2.24) is 9.78 Å². The molecule has 0 fully saturated rings. The van der Waals surface area contributed by atoms with Gasteiger partial charge in [-0.15, -0.1) is 0 Å². The number of primary amides is 1. The van der Waals surface area contributed by atoms with E-state index >= 15 is 0 Å². The molecule has 1 aromatic heterocycles. The highest BCUT2D eigenvalue weighted by molar-refractivity contribution is 5.95. The molecule has 3 aromatic rings. The van der Waals surface area contributed by atoms with Crippen LogP contribution in [0.25, 0.3) is 16.9 Å². The molecule has 0 bridgehead atoms. The number of Topliss-reactive ketones (excluding diaryl/α,β-unsaturated/α-hetero) is 1. The van der Waals surface area contributed by atoms with Gasteiger partial charge in [0.1, 0.15) is 5.82 Å². The number of hydrogen-bond donors (Lipinski definition) is 1. The van der Waals surface area contributed by atoms with Crippen LogP contribution < -0.4 is 5.73 Å². The fourth-order valence-corrected chi connectivity index (χ4v) is 2.36. The SMILES string of the molecule is CC(=O)c1ccc(-c2cc(C(N)=O)nn2-c2ccc(F)cc2)cc1. The van der Waals surface area contributed by atoms with E-state index < -0.39 is 5.91 Å². The van der Waals surface area contributed by atoms with E-state index in [9.17, 15) is 14.0 Å². The van der Waals surface area contributed by atoms with E-state index in [0.717, 1.165) is 5.56 Å². The number of amides is 1. The molecule has 0 saturated carbocycles. The third-order valence-corrected chi connectivity index (χ3v) is 3.62. The summed E-state index contributed by atoms with van der Waals surface area (Å²) in [6, 6.07) is 14.2. The van der Waals surface area contributed by atoms with Gasteiger partial charge in [0.25, 0.3) is 5.91 Å². The maximum atomic E-state index is 13.1. The molecule has 24 heavy (non-hydrogen) atoms. The second kappa shape index (κ2) is 6.08. The standard InChI is InChI=1S/C18H14FN3O2/c1-11(23)12-2-4-13(5-3-12)17-10-16(18(20)24)21-22(17)15-8-6-14(19)7-9-15/h2-10H,1H3,(H2,20,24). The average Bonchev–Trinajstić information content (AvgIpc) is 3.01. The lowest BCUT2D eigenvalue weighted by atomic mass is 10.1. The van der Waals surface area contributed by atoms with Crippen molar-refractivity contribution < 1.29 is 14.0 Å². The van der Waals surface area contributed by atoms with Crippen molar-refractivity contribution in [2.45, 2.75) is 6.92 Å². The maximum absolute atomic E-state index is 13.1. The number of nitrogens with two attached hydrogens (primary N) is 1. The molecule has 1 heterocycles. The van der Waals surface area contributed by atoms with Crippen LogP contribution in [-0.4, -0.2) is 21.5 Å². The minimum atomic E-state index is -0.655. The molecule has 0 radical (unpaired) electrons. The molecule has 120 valence electrons. The van der Waals surface area contributed by atoms with Crippen molar-refractivity contribution in [3.05, 3.63) is 71.7 Å². The lowest BCUT2D eigenvalue weighted by Gasteiger charge is -2.08. The predicted octanol–water partition coefficient (Wildman–Crippen LogP) is 2.98. The zero-order valence-electron chi connectivity index (χ0n) is 12.9. The van der Waals surface area contributed by atoms with Crippen molar-refractivity contribution in [3.63, 3.8) is 0 Å². The van der Waals surface area contributed by atoms with Crippen LogP contribution in [0, 0.1) is 5.82 Å². The Morgan fingerprint density at radius 3 is 2.21 bits per heavy atom. The first kappa shape index (κ1) is 15.6. The molecular formula is C18H14FN3O2. The number of hydrogen-bond acceptors (Lipinski definition) is 3. The summed E-state index contributed by atoms with van der Waals surface area (Å²) < 4.78 is 14.7. The van der Waals surface area contributed by atoms with Gasteiger partial charge in [0.2, 0.25) is 0 Å². The summed E-state index contributed by atoms with van der Waals surface area (Å²) in [5.74, 6) is -1.06. The summed E-state index contributed by atoms with van der Waals surface area (Å²) in [6.45, 7) is 1.49. The fourth-order valence-electron chi connectivity index (χ4n) is 2.36. The lowest BCUT2D eigenvalue weighted by Crippen LogP contribution is -2.12. The molecule has 5 nitrogen and oxygen atoms in total. The van der Waals surface area contributed by atoms with Gasteiger partial charge in [-0.1, -0.05) is 24.3 Å². The Kier molecular flexibility index (Phi) is 3.95. The van der Waals surface area contributed by atoms with Gasteiger partial charge in [-0.25, -0.2) is 9.07 Å². The molecule has 0 aliphatic carbocycles. The molecule has 2 N–H and O–H groups in total. The van der Waals surface area contributed by atoms with Crippen molar-refractivity contribution in [2.75, 3.05) is 0 Å². The van der Waals surface area contributed by atoms with Crippen LogP contribution in [0.2, 0.25) is 0 Å². The van der Waals surface area contributed by atoms with Crippen LogP contribution in [-0.2, 0) is 0 Å². The fraction of sp³-hybridized carbons (Fsp3) is 0.0556. The van der Waals surface area contributed by atoms with Crippen molar-refractivity contribution in [2.24, 2.45) is 5.73 Å². The van der Waals surface area contributed by atoms with Gasteiger partial charge in [0.05, 0.1) is 11.4 Å². The minimum absolute atomic E-state index is 0.0357. The number of rotatable bonds is 4. The first-order chi connectivity index (χ1) is 11.5. The summed E-state index contributed by atoms with van der Waals surface area (Å²) in [7, 11) is 0. The molecule has 0 saturated heterocycles. The summed E-state index contributed by atoms with van der Waals surface area (Å²) in [6.07, 6.45) is 0. The van der Waals surface area contributed by atoms with E-state index in [1.54, 1.807) is 42.5 Å². The van der Waals surface area contributed by atoms with E-state index in [1.807, 2.05) is 0 Å². The highest BCUT2D eigenvalue weighted by Gasteiger charge is 2.15. The molecule has 1 amide bonds. The van der Waals surface area contributed by atoms with E-state index in [-0.39, 0.29) is 17.3 Å². The van der Waals surface area contributed by atoms with Crippen LogP contribution in [0.15, 0.2) is 54.6 Å². The first-order valence-corrected chi connectivity index (χ1v) is 7.23. The van der Waals surface area contributed by atoms with Gasteiger partial charge >= 0.3 is 0 Å². The smallest absolute Gasteiger partial charge is 0.269 e. The Bertz CT molecular complexity index is 912. The molecule has 3 rings (SSSR count). The Morgan fingerprint density at radius 2 is 1.67 bits per heavy atom. The van der Waals surface area contributed by atoms with Crippen LogP contribution >= 0.6 is 0 Å². The van der Waals surface area contributed by atoms with Gasteiger partial charge in [-0.2, -0.15) is 5.10 Å². The second-order valence-corrected chi connectivity index (χ2v) is 5.30. The van der Waals surface area contributed by atoms with Gasteiger partial charge in [0, 0.05) is 11.1 Å². The molecule has 0 aliphatic rings. The van der Waals surface area contributed by atoms with Crippen LogP contribution in [0.1, 0.15) is 27.8 Å². The third-order valence-electron chi connectivity index (χ3n) is 3.62. The molecule has 6 heteroatoms. The number of ketones is 1. The Hall–Kier alpha value is -3.28. The molecule has 0 spiro atoms. The molecule has 0 aliphatic heterocycles. The number of carbonyl (C=O) groups is 2.